The summed E-state index contributed by atoms with van der Waals surface area (Å²) < 4.78 is 9.82. The summed E-state index contributed by atoms with van der Waals surface area (Å²) in [6.45, 7) is 14.9. The highest BCUT2D eigenvalue weighted by atomic mass is 16.5. The zero-order valence-corrected chi connectivity index (χ0v) is 26.5. The molecule has 2 unspecified atom stereocenters. The van der Waals surface area contributed by atoms with E-state index in [1.165, 1.54) is 0 Å². The van der Waals surface area contributed by atoms with Crippen LogP contribution in [-0.2, 0) is 6.54 Å². The molecule has 1 aliphatic heterocycles. The van der Waals surface area contributed by atoms with E-state index in [-0.39, 0.29) is 5.91 Å². The normalized spacial score (nSPS) is 18.0. The number of carbonyl (C=O) groups excluding carboxylic acids is 1. The number of aromatic nitrogens is 5. The molecule has 0 bridgehead atoms. The van der Waals surface area contributed by atoms with E-state index in [1.807, 2.05) is 60.3 Å². The Morgan fingerprint density at radius 1 is 1.09 bits per heavy atom. The third-order valence-corrected chi connectivity index (χ3v) is 8.76. The predicted octanol–water partition coefficient (Wildman–Crippen LogP) is 5.21. The first kappa shape index (κ1) is 29.8. The average molecular weight is 595 g/mol. The van der Waals surface area contributed by atoms with Crippen LogP contribution >= 0.6 is 0 Å². The van der Waals surface area contributed by atoms with Crippen LogP contribution in [0.25, 0.3) is 16.6 Å². The lowest BCUT2D eigenvalue weighted by Crippen LogP contribution is -2.55. The lowest BCUT2D eigenvalue weighted by Gasteiger charge is -2.42. The number of likely N-dealkylation sites (N-methyl/N-ethyl adjacent to an activating group) is 1. The van der Waals surface area contributed by atoms with Gasteiger partial charge in [-0.05, 0) is 64.1 Å². The maximum Gasteiger partial charge on any atom is 0.274 e. The molecule has 1 fully saturated rings. The smallest absolute Gasteiger partial charge is 0.274 e. The molecule has 2 atom stereocenters. The number of carbonyl (C=O) groups is 1. The van der Waals surface area contributed by atoms with Crippen LogP contribution in [0.2, 0.25) is 0 Å². The molecule has 0 radical (unpaired) electrons. The molecule has 6 rings (SSSR count). The summed E-state index contributed by atoms with van der Waals surface area (Å²) >= 11 is 0. The van der Waals surface area contributed by atoms with E-state index in [9.17, 15) is 4.79 Å². The molecule has 0 spiro atoms. The van der Waals surface area contributed by atoms with E-state index in [4.69, 9.17) is 14.8 Å². The van der Waals surface area contributed by atoms with Gasteiger partial charge >= 0.3 is 0 Å². The lowest BCUT2D eigenvalue weighted by atomic mass is 10.1. The van der Waals surface area contributed by atoms with E-state index >= 15 is 0 Å². The second kappa shape index (κ2) is 12.4. The molecule has 0 saturated carbocycles. The predicted molar refractivity (Wildman–Crippen MR) is 174 cm³/mol. The largest absolute Gasteiger partial charge is 0.492 e. The SMILES string of the molecule is Cc1nn(Cc2cccc(C(C)C)n2)c2cccc(NC(=O)c3cnc4cc(OCCN5CC(C)N(C)C(C)C5)ccn34)c12. The number of fused-ring (bicyclic) bond motifs is 2. The van der Waals surface area contributed by atoms with Gasteiger partial charge in [0.25, 0.3) is 5.91 Å². The van der Waals surface area contributed by atoms with Gasteiger partial charge in [-0.2, -0.15) is 5.10 Å². The third kappa shape index (κ3) is 6.05. The first-order valence-corrected chi connectivity index (χ1v) is 15.5. The molecule has 10 nitrogen and oxygen atoms in total. The fraction of sp³-hybridized carbons (Fsp3) is 0.412. The molecule has 1 amide bonds. The number of nitrogens with zero attached hydrogens (tertiary/aromatic N) is 7. The van der Waals surface area contributed by atoms with Crippen molar-refractivity contribution < 1.29 is 9.53 Å². The van der Waals surface area contributed by atoms with Crippen LogP contribution in [0.3, 0.4) is 0 Å². The molecule has 5 aromatic rings. The van der Waals surface area contributed by atoms with Crippen molar-refractivity contribution in [1.82, 2.24) is 33.9 Å². The molecule has 44 heavy (non-hydrogen) atoms. The highest BCUT2D eigenvalue weighted by Gasteiger charge is 2.26. The average Bonchev–Trinajstić information content (AvgIpc) is 3.57. The molecule has 1 N–H and O–H groups in total. The van der Waals surface area contributed by atoms with Crippen LogP contribution in [0.4, 0.5) is 5.69 Å². The molecular weight excluding hydrogens is 552 g/mol. The number of nitrogens with one attached hydrogen (secondary N) is 1. The molecule has 230 valence electrons. The number of pyridine rings is 2. The number of amides is 1. The molecule has 1 aromatic carbocycles. The molecule has 0 aliphatic carbocycles. The summed E-state index contributed by atoms with van der Waals surface area (Å²) in [4.78, 5) is 27.7. The van der Waals surface area contributed by atoms with Crippen LogP contribution in [0, 0.1) is 6.92 Å². The van der Waals surface area contributed by atoms with Crippen molar-refractivity contribution in [1.29, 1.82) is 0 Å². The minimum atomic E-state index is -0.240. The van der Waals surface area contributed by atoms with Gasteiger partial charge in [-0.1, -0.05) is 26.0 Å². The lowest BCUT2D eigenvalue weighted by molar-refractivity contribution is 0.0522. The summed E-state index contributed by atoms with van der Waals surface area (Å²) in [7, 11) is 2.19. The van der Waals surface area contributed by atoms with Crippen LogP contribution in [-0.4, -0.2) is 85.2 Å². The monoisotopic (exact) mass is 594 g/mol. The van der Waals surface area contributed by atoms with Crippen LogP contribution < -0.4 is 10.1 Å². The van der Waals surface area contributed by atoms with Gasteiger partial charge in [-0.25, -0.2) is 4.98 Å². The zero-order valence-electron chi connectivity index (χ0n) is 26.5. The van der Waals surface area contributed by atoms with Gasteiger partial charge in [0.2, 0.25) is 0 Å². The highest BCUT2D eigenvalue weighted by Crippen LogP contribution is 2.28. The van der Waals surface area contributed by atoms with Crippen molar-refractivity contribution in [2.45, 2.75) is 59.2 Å². The van der Waals surface area contributed by atoms with E-state index in [0.29, 0.717) is 48.2 Å². The first-order valence-electron chi connectivity index (χ1n) is 15.5. The number of benzene rings is 1. The summed E-state index contributed by atoms with van der Waals surface area (Å²) in [6, 6.07) is 16.8. The Kier molecular flexibility index (Phi) is 8.38. The number of hydrogen-bond donors (Lipinski definition) is 1. The van der Waals surface area contributed by atoms with E-state index in [2.05, 4.69) is 60.9 Å². The van der Waals surface area contributed by atoms with Crippen molar-refractivity contribution in [3.63, 3.8) is 0 Å². The Balaban J connectivity index is 1.14. The van der Waals surface area contributed by atoms with Gasteiger partial charge in [0.1, 0.15) is 23.7 Å². The summed E-state index contributed by atoms with van der Waals surface area (Å²) in [5, 5.41) is 8.82. The number of imidazole rings is 1. The Morgan fingerprint density at radius 2 is 1.86 bits per heavy atom. The van der Waals surface area contributed by atoms with Crippen molar-refractivity contribution in [2.75, 3.05) is 38.6 Å². The second-order valence-electron chi connectivity index (χ2n) is 12.3. The maximum atomic E-state index is 13.5. The Hall–Kier alpha value is -4.28. The summed E-state index contributed by atoms with van der Waals surface area (Å²) in [6.07, 6.45) is 3.44. The van der Waals surface area contributed by atoms with E-state index < -0.39 is 0 Å². The van der Waals surface area contributed by atoms with Gasteiger partial charge in [0.05, 0.1) is 35.3 Å². The Morgan fingerprint density at radius 3 is 2.64 bits per heavy atom. The fourth-order valence-electron chi connectivity index (χ4n) is 6.10. The van der Waals surface area contributed by atoms with Crippen LogP contribution in [0.5, 0.6) is 5.75 Å². The summed E-state index contributed by atoms with van der Waals surface area (Å²) in [5.41, 5.74) is 5.62. The number of aryl methyl sites for hydroxylation is 1. The Labute approximate surface area is 258 Å². The molecule has 10 heteroatoms. The second-order valence-corrected chi connectivity index (χ2v) is 12.3. The number of hydrogen-bond acceptors (Lipinski definition) is 7. The number of anilines is 1. The number of piperazine rings is 1. The van der Waals surface area contributed by atoms with Crippen molar-refractivity contribution in [3.05, 3.63) is 83.7 Å². The molecule has 1 aliphatic rings. The van der Waals surface area contributed by atoms with Crippen molar-refractivity contribution in [2.24, 2.45) is 0 Å². The zero-order chi connectivity index (χ0) is 31.0. The quantitative estimate of drug-likeness (QED) is 0.250. The molecule has 1 saturated heterocycles. The topological polar surface area (TPSA) is 92.8 Å². The van der Waals surface area contributed by atoms with E-state index in [0.717, 1.165) is 53.4 Å². The minimum absolute atomic E-state index is 0.240. The molecular formula is C34H42N8O2. The third-order valence-electron chi connectivity index (χ3n) is 8.76. The van der Waals surface area contributed by atoms with Gasteiger partial charge in [0.15, 0.2) is 0 Å². The fourth-order valence-corrected chi connectivity index (χ4v) is 6.10. The maximum absolute atomic E-state index is 13.5. The van der Waals surface area contributed by atoms with Crippen LogP contribution in [0.1, 0.15) is 61.2 Å². The van der Waals surface area contributed by atoms with Crippen molar-refractivity contribution >= 4 is 28.1 Å². The van der Waals surface area contributed by atoms with Crippen molar-refractivity contribution in [3.8, 4) is 5.75 Å². The summed E-state index contributed by atoms with van der Waals surface area (Å²) in [5.74, 6) is 0.855. The highest BCUT2D eigenvalue weighted by molar-refractivity contribution is 6.08. The van der Waals surface area contributed by atoms with Gasteiger partial charge in [-0.15, -0.1) is 0 Å². The first-order chi connectivity index (χ1) is 21.2. The standard InChI is InChI=1S/C34H42N8O2/c1-22(2)28-10-7-9-26(36-28)21-42-30-12-8-11-29(33(30)25(5)38-42)37-34(43)31-18-35-32-17-27(13-14-41(31)32)44-16-15-40-19-23(3)39(6)24(4)20-40/h7-14,17-18,22-24H,15-16,19-21H2,1-6H3,(H,37,43). The molecule has 4 aromatic heterocycles. The van der Waals surface area contributed by atoms with E-state index in [1.54, 1.807) is 10.6 Å². The number of rotatable bonds is 9. The number of ether oxygens (including phenoxy) is 1. The molecule has 5 heterocycles. The minimum Gasteiger partial charge on any atom is -0.492 e. The van der Waals surface area contributed by atoms with Gasteiger partial charge < -0.3 is 10.1 Å². The van der Waals surface area contributed by atoms with Gasteiger partial charge in [0, 0.05) is 55.1 Å². The van der Waals surface area contributed by atoms with Gasteiger partial charge in [-0.3, -0.25) is 28.7 Å². The Bertz CT molecular complexity index is 1780. The van der Waals surface area contributed by atoms with Crippen LogP contribution in [0.15, 0.2) is 60.9 Å².